The summed E-state index contributed by atoms with van der Waals surface area (Å²) in [7, 11) is 0. The summed E-state index contributed by atoms with van der Waals surface area (Å²) in [6.07, 6.45) is 57.1. The van der Waals surface area contributed by atoms with Crippen LogP contribution in [0.5, 0.6) is 0 Å². The highest BCUT2D eigenvalue weighted by atomic mass is 16.3. The zero-order valence-electron chi connectivity index (χ0n) is 47.6. The van der Waals surface area contributed by atoms with Crippen molar-refractivity contribution in [2.24, 2.45) is 5.92 Å². The van der Waals surface area contributed by atoms with Gasteiger partial charge in [-0.3, -0.25) is 0 Å². The van der Waals surface area contributed by atoms with Crippen LogP contribution in [-0.4, -0.2) is 23.4 Å². The molecule has 0 radical (unpaired) electrons. The van der Waals surface area contributed by atoms with Crippen LogP contribution in [0.15, 0.2) is 0 Å². The first-order valence-corrected chi connectivity index (χ1v) is 29.5. The molecule has 0 saturated heterocycles. The minimum atomic E-state index is 0.262. The van der Waals surface area contributed by atoms with Gasteiger partial charge in [-0.2, -0.15) is 0 Å². The molecule has 0 amide bonds. The second kappa shape index (κ2) is 99.4. The van der Waals surface area contributed by atoms with Gasteiger partial charge in [0.05, 0.1) is 0 Å². The van der Waals surface area contributed by atoms with Gasteiger partial charge >= 0.3 is 0 Å². The zero-order valence-corrected chi connectivity index (χ0v) is 47.6. The highest BCUT2D eigenvalue weighted by Gasteiger charge is 2.06. The van der Waals surface area contributed by atoms with Crippen molar-refractivity contribution in [3.8, 4) is 0 Å². The van der Waals surface area contributed by atoms with E-state index in [0.29, 0.717) is 5.92 Å². The standard InChI is InChI=1S/C11H24O2.7C7H16/c1-2-3-4-5-6-11(7-9-12)8-10-13;7*1-3-5-7-6-4-2/h11-13H,2-10H2,1H3;7*3-7H2,1-2H3. The Balaban J connectivity index is -0.0000000908. The lowest BCUT2D eigenvalue weighted by Crippen LogP contribution is -2.05. The van der Waals surface area contributed by atoms with Gasteiger partial charge in [-0.25, -0.2) is 0 Å². The van der Waals surface area contributed by atoms with Gasteiger partial charge < -0.3 is 10.2 Å². The molecular formula is C60H136O2. The maximum atomic E-state index is 8.78. The Morgan fingerprint density at radius 3 is 0.419 bits per heavy atom. The molecule has 0 fully saturated rings. The Morgan fingerprint density at radius 2 is 0.306 bits per heavy atom. The molecule has 0 aromatic carbocycles. The number of hydrogen-bond donors (Lipinski definition) is 2. The molecule has 0 spiro atoms. The van der Waals surface area contributed by atoms with Crippen LogP contribution >= 0.6 is 0 Å². The molecule has 0 bridgehead atoms. The van der Waals surface area contributed by atoms with Crippen LogP contribution in [-0.2, 0) is 0 Å². The Kier molecular flexibility index (Phi) is 127. The molecule has 0 unspecified atom stereocenters. The van der Waals surface area contributed by atoms with E-state index in [1.807, 2.05) is 0 Å². The van der Waals surface area contributed by atoms with Crippen molar-refractivity contribution >= 4 is 0 Å². The average Bonchev–Trinajstić information content (AvgIpc) is 3.28. The third-order valence-electron chi connectivity index (χ3n) is 11.0. The molecule has 2 nitrogen and oxygen atoms in total. The molecular weight excluding hydrogens is 753 g/mol. The van der Waals surface area contributed by atoms with Gasteiger partial charge in [0.25, 0.3) is 0 Å². The lowest BCUT2D eigenvalue weighted by atomic mass is 9.95. The van der Waals surface area contributed by atoms with Crippen LogP contribution in [0.4, 0.5) is 0 Å². The fraction of sp³-hybridized carbons (Fsp3) is 1.00. The van der Waals surface area contributed by atoms with Crippen molar-refractivity contribution in [1.82, 2.24) is 0 Å². The van der Waals surface area contributed by atoms with Gasteiger partial charge in [0.2, 0.25) is 0 Å². The van der Waals surface area contributed by atoms with Crippen molar-refractivity contribution in [3.63, 3.8) is 0 Å². The molecule has 0 aromatic heterocycles. The molecule has 62 heavy (non-hydrogen) atoms. The van der Waals surface area contributed by atoms with E-state index in [1.54, 1.807) is 0 Å². The normalized spacial score (nSPS) is 9.77. The topological polar surface area (TPSA) is 40.5 Å². The summed E-state index contributed by atoms with van der Waals surface area (Å²) < 4.78 is 0. The lowest BCUT2D eigenvalue weighted by molar-refractivity contribution is 0.208. The first-order valence-electron chi connectivity index (χ1n) is 29.5. The molecule has 0 saturated carbocycles. The predicted molar refractivity (Wildman–Crippen MR) is 297 cm³/mol. The van der Waals surface area contributed by atoms with Gasteiger partial charge in [-0.05, 0) is 18.8 Å². The molecule has 0 aliphatic carbocycles. The average molecular weight is 890 g/mol. The highest BCUT2D eigenvalue weighted by molar-refractivity contribution is 4.59. The van der Waals surface area contributed by atoms with Gasteiger partial charge in [0, 0.05) is 13.2 Å². The number of rotatable bonds is 37. The Hall–Kier alpha value is -0.0800. The SMILES string of the molecule is CCCCCCC.CCCCCCC.CCCCCCC.CCCCCCC.CCCCCCC.CCCCCCC.CCCCCCC.CCCCCCC(CCO)CCO. The third kappa shape index (κ3) is 131. The highest BCUT2D eigenvalue weighted by Crippen LogP contribution is 2.17. The van der Waals surface area contributed by atoms with E-state index < -0.39 is 0 Å². The maximum absolute atomic E-state index is 8.78. The number of unbranched alkanes of at least 4 members (excludes halogenated alkanes) is 31. The van der Waals surface area contributed by atoms with Crippen LogP contribution in [0.1, 0.15) is 374 Å². The van der Waals surface area contributed by atoms with Crippen molar-refractivity contribution in [2.45, 2.75) is 374 Å². The molecule has 0 aliphatic rings. The fourth-order valence-corrected chi connectivity index (χ4v) is 6.40. The molecule has 0 atom stereocenters. The monoisotopic (exact) mass is 889 g/mol. The van der Waals surface area contributed by atoms with Crippen molar-refractivity contribution in [1.29, 1.82) is 0 Å². The largest absolute Gasteiger partial charge is 0.396 e. The van der Waals surface area contributed by atoms with E-state index >= 15 is 0 Å². The van der Waals surface area contributed by atoms with E-state index in [1.165, 1.54) is 257 Å². The Bertz CT molecular complexity index is 403. The molecule has 0 aromatic rings. The predicted octanol–water partition coefficient (Wildman–Crippen LogP) is 23.2. The molecule has 2 N–H and O–H groups in total. The summed E-state index contributed by atoms with van der Waals surface area (Å²) in [4.78, 5) is 0. The summed E-state index contributed by atoms with van der Waals surface area (Å²) >= 11 is 0. The Morgan fingerprint density at radius 1 is 0.177 bits per heavy atom. The number of aliphatic hydroxyl groups excluding tert-OH is 2. The van der Waals surface area contributed by atoms with Gasteiger partial charge in [-0.1, -0.05) is 361 Å². The molecule has 0 aliphatic heterocycles. The molecule has 0 heterocycles. The van der Waals surface area contributed by atoms with E-state index in [4.69, 9.17) is 10.2 Å². The number of hydrogen-bond acceptors (Lipinski definition) is 2. The van der Waals surface area contributed by atoms with E-state index in [9.17, 15) is 0 Å². The maximum Gasteiger partial charge on any atom is 0.0433 e. The summed E-state index contributed by atoms with van der Waals surface area (Å²) in [5.41, 5.74) is 0. The second-order valence-electron chi connectivity index (χ2n) is 18.2. The van der Waals surface area contributed by atoms with Crippen molar-refractivity contribution in [2.75, 3.05) is 13.2 Å². The van der Waals surface area contributed by atoms with Crippen LogP contribution < -0.4 is 0 Å². The van der Waals surface area contributed by atoms with E-state index in [0.717, 1.165) is 12.8 Å². The first-order chi connectivity index (χ1) is 30.2. The van der Waals surface area contributed by atoms with Crippen LogP contribution in [0.3, 0.4) is 0 Å². The first kappa shape index (κ1) is 79.0. The van der Waals surface area contributed by atoms with Crippen LogP contribution in [0, 0.1) is 5.92 Å². The fourth-order valence-electron chi connectivity index (χ4n) is 6.40. The summed E-state index contributed by atoms with van der Waals surface area (Å²) in [5, 5.41) is 17.6. The second-order valence-corrected chi connectivity index (χ2v) is 18.2. The quantitative estimate of drug-likeness (QED) is 0.0610. The minimum Gasteiger partial charge on any atom is -0.396 e. The van der Waals surface area contributed by atoms with Crippen LogP contribution in [0.25, 0.3) is 0 Å². The van der Waals surface area contributed by atoms with Gasteiger partial charge in [0.15, 0.2) is 0 Å². The van der Waals surface area contributed by atoms with Gasteiger partial charge in [0.1, 0.15) is 0 Å². The third-order valence-corrected chi connectivity index (χ3v) is 11.0. The summed E-state index contributed by atoms with van der Waals surface area (Å²) in [5.74, 6) is 0.534. The van der Waals surface area contributed by atoms with Crippen molar-refractivity contribution in [3.05, 3.63) is 0 Å². The number of aliphatic hydroxyl groups is 2. The zero-order chi connectivity index (χ0) is 48.7. The molecule has 388 valence electrons. The lowest BCUT2D eigenvalue weighted by Gasteiger charge is -2.13. The Labute approximate surface area is 401 Å². The van der Waals surface area contributed by atoms with E-state index in [-0.39, 0.29) is 13.2 Å². The summed E-state index contributed by atoms with van der Waals surface area (Å²) in [6, 6.07) is 0. The van der Waals surface area contributed by atoms with Crippen molar-refractivity contribution < 1.29 is 10.2 Å². The van der Waals surface area contributed by atoms with Gasteiger partial charge in [-0.15, -0.1) is 0 Å². The van der Waals surface area contributed by atoms with Crippen LogP contribution in [0.2, 0.25) is 0 Å². The smallest absolute Gasteiger partial charge is 0.0433 e. The molecule has 0 rings (SSSR count). The summed E-state index contributed by atoms with van der Waals surface area (Å²) in [6.45, 7) is 34.2. The van der Waals surface area contributed by atoms with E-state index in [2.05, 4.69) is 104 Å². The minimum absolute atomic E-state index is 0.262. The molecule has 2 heteroatoms.